The number of hydrogen-bond donors (Lipinski definition) is 1. The van der Waals surface area contributed by atoms with Crippen molar-refractivity contribution in [3.05, 3.63) is 82.4 Å². The van der Waals surface area contributed by atoms with Gasteiger partial charge in [-0.25, -0.2) is 0 Å². The highest BCUT2D eigenvalue weighted by Crippen LogP contribution is 2.26. The molecule has 0 amide bonds. The molecule has 0 bridgehead atoms. The van der Waals surface area contributed by atoms with Crippen LogP contribution in [-0.2, 0) is 6.54 Å². The number of aromatic nitrogens is 2. The van der Waals surface area contributed by atoms with Gasteiger partial charge in [-0.05, 0) is 61.2 Å². The van der Waals surface area contributed by atoms with Crippen molar-refractivity contribution < 1.29 is 0 Å². The molecule has 4 heteroatoms. The second-order valence-electron chi connectivity index (χ2n) is 6.44. The first-order chi connectivity index (χ1) is 12.1. The van der Waals surface area contributed by atoms with E-state index in [1.165, 1.54) is 11.1 Å². The number of hydrogen-bond acceptors (Lipinski definition) is 2. The van der Waals surface area contributed by atoms with Crippen LogP contribution in [0.4, 0.5) is 5.69 Å². The molecular weight excluding hydrogens is 330 g/mol. The van der Waals surface area contributed by atoms with Gasteiger partial charge in [0, 0.05) is 29.7 Å². The van der Waals surface area contributed by atoms with E-state index in [0.29, 0.717) is 0 Å². The Morgan fingerprint density at radius 1 is 1.16 bits per heavy atom. The molecule has 2 aromatic heterocycles. The highest BCUT2D eigenvalue weighted by Gasteiger charge is 2.12. The number of nitrogens with one attached hydrogen (secondary N) is 1. The summed E-state index contributed by atoms with van der Waals surface area (Å²) in [6.45, 7) is 7.12. The maximum atomic E-state index is 6.16. The molecule has 0 aliphatic carbocycles. The average Bonchev–Trinajstić information content (AvgIpc) is 3.11. The number of rotatable bonds is 6. The molecule has 130 valence electrons. The van der Waals surface area contributed by atoms with Crippen LogP contribution in [-0.4, -0.2) is 9.55 Å². The number of nitrogens with zero attached hydrogens (tertiary/aromatic N) is 2. The van der Waals surface area contributed by atoms with E-state index in [-0.39, 0.29) is 6.04 Å². The lowest BCUT2D eigenvalue weighted by Crippen LogP contribution is -2.11. The van der Waals surface area contributed by atoms with Crippen molar-refractivity contribution in [3.63, 3.8) is 0 Å². The zero-order chi connectivity index (χ0) is 17.8. The topological polar surface area (TPSA) is 29.9 Å². The maximum Gasteiger partial charge on any atom is 0.0535 e. The molecule has 0 radical (unpaired) electrons. The predicted molar refractivity (Wildman–Crippen MR) is 105 cm³/mol. The minimum Gasteiger partial charge on any atom is -0.377 e. The van der Waals surface area contributed by atoms with E-state index in [2.05, 4.69) is 59.3 Å². The van der Waals surface area contributed by atoms with E-state index in [4.69, 9.17) is 11.6 Å². The smallest absolute Gasteiger partial charge is 0.0535 e. The molecule has 0 aliphatic rings. The number of aryl methyl sites for hydroxylation is 2. The van der Waals surface area contributed by atoms with Gasteiger partial charge in [-0.3, -0.25) is 4.98 Å². The van der Waals surface area contributed by atoms with Gasteiger partial charge in [0.2, 0.25) is 0 Å². The average molecular weight is 354 g/mol. The number of halogens is 1. The normalized spacial score (nSPS) is 12.2. The van der Waals surface area contributed by atoms with Crippen LogP contribution in [0.15, 0.2) is 55.0 Å². The highest BCUT2D eigenvalue weighted by molar-refractivity contribution is 6.31. The van der Waals surface area contributed by atoms with Gasteiger partial charge in [-0.2, -0.15) is 0 Å². The summed E-state index contributed by atoms with van der Waals surface area (Å²) >= 11 is 6.16. The van der Waals surface area contributed by atoms with Crippen LogP contribution in [0.3, 0.4) is 0 Å². The first kappa shape index (κ1) is 17.6. The molecular formula is C21H24ClN3. The van der Waals surface area contributed by atoms with Gasteiger partial charge in [0.15, 0.2) is 0 Å². The number of pyridine rings is 1. The molecule has 25 heavy (non-hydrogen) atoms. The van der Waals surface area contributed by atoms with Crippen LogP contribution in [0.5, 0.6) is 0 Å². The summed E-state index contributed by atoms with van der Waals surface area (Å²) in [5, 5.41) is 4.43. The fourth-order valence-electron chi connectivity index (χ4n) is 3.00. The van der Waals surface area contributed by atoms with Crippen molar-refractivity contribution >= 4 is 17.3 Å². The van der Waals surface area contributed by atoms with Gasteiger partial charge in [-0.15, -0.1) is 0 Å². The van der Waals surface area contributed by atoms with Crippen LogP contribution in [0.2, 0.25) is 5.02 Å². The van der Waals surface area contributed by atoms with Gasteiger partial charge in [0.25, 0.3) is 0 Å². The Labute approximate surface area is 154 Å². The molecule has 0 unspecified atom stereocenters. The van der Waals surface area contributed by atoms with Gasteiger partial charge in [0.05, 0.1) is 17.9 Å². The van der Waals surface area contributed by atoms with E-state index in [9.17, 15) is 0 Å². The molecule has 3 rings (SSSR count). The van der Waals surface area contributed by atoms with E-state index in [1.54, 1.807) is 0 Å². The Hall–Kier alpha value is -2.26. The quantitative estimate of drug-likeness (QED) is 0.610. The molecule has 3 aromatic rings. The molecule has 1 N–H and O–H groups in total. The fourth-order valence-corrected chi connectivity index (χ4v) is 3.11. The van der Waals surface area contributed by atoms with Crippen molar-refractivity contribution in [1.82, 2.24) is 9.55 Å². The fraction of sp³-hybridized carbons (Fsp3) is 0.286. The van der Waals surface area contributed by atoms with Crippen LogP contribution < -0.4 is 5.32 Å². The van der Waals surface area contributed by atoms with Gasteiger partial charge >= 0.3 is 0 Å². The zero-order valence-corrected chi connectivity index (χ0v) is 15.7. The van der Waals surface area contributed by atoms with Crippen molar-refractivity contribution in [3.8, 4) is 0 Å². The van der Waals surface area contributed by atoms with E-state index in [0.717, 1.165) is 34.9 Å². The van der Waals surface area contributed by atoms with Crippen LogP contribution >= 0.6 is 11.6 Å². The molecule has 1 atom stereocenters. The third-order valence-corrected chi connectivity index (χ3v) is 4.97. The Balaban J connectivity index is 1.81. The van der Waals surface area contributed by atoms with E-state index in [1.807, 2.05) is 31.3 Å². The van der Waals surface area contributed by atoms with Crippen LogP contribution in [0, 0.1) is 13.8 Å². The third-order valence-electron chi connectivity index (χ3n) is 4.54. The molecule has 0 saturated heterocycles. The van der Waals surface area contributed by atoms with Crippen molar-refractivity contribution in [2.75, 3.05) is 5.32 Å². The van der Waals surface area contributed by atoms with E-state index < -0.39 is 0 Å². The first-order valence-electron chi connectivity index (χ1n) is 8.65. The Kier molecular flexibility index (Phi) is 5.44. The third kappa shape index (κ3) is 4.23. The van der Waals surface area contributed by atoms with Crippen molar-refractivity contribution in [2.24, 2.45) is 0 Å². The summed E-state index contributed by atoms with van der Waals surface area (Å²) in [4.78, 5) is 4.58. The second-order valence-corrected chi connectivity index (χ2v) is 6.84. The Morgan fingerprint density at radius 2 is 1.92 bits per heavy atom. The molecule has 0 aliphatic heterocycles. The number of anilines is 1. The number of benzene rings is 1. The lowest BCUT2D eigenvalue weighted by Gasteiger charge is -2.20. The summed E-state index contributed by atoms with van der Waals surface area (Å²) in [6.07, 6.45) is 7.05. The lowest BCUT2D eigenvalue weighted by molar-refractivity contribution is 0.745. The Bertz CT molecular complexity index is 840. The summed E-state index contributed by atoms with van der Waals surface area (Å²) in [6, 6.07) is 12.8. The standard InChI is InChI=1S/C21H24ClN3/c1-4-21(17-7-8-20(22)15(2)11-17)24-19-12-18(16(3)23-13-19)14-25-9-5-6-10-25/h5-13,21,24H,4,14H2,1-3H3/t21-/m1/s1. The maximum absolute atomic E-state index is 6.16. The van der Waals surface area contributed by atoms with Gasteiger partial charge < -0.3 is 9.88 Å². The Morgan fingerprint density at radius 3 is 2.60 bits per heavy atom. The van der Waals surface area contributed by atoms with Crippen LogP contribution in [0.25, 0.3) is 0 Å². The zero-order valence-electron chi connectivity index (χ0n) is 15.0. The van der Waals surface area contributed by atoms with Crippen molar-refractivity contribution in [1.29, 1.82) is 0 Å². The minimum absolute atomic E-state index is 0.236. The summed E-state index contributed by atoms with van der Waals surface area (Å²) in [7, 11) is 0. The highest BCUT2D eigenvalue weighted by atomic mass is 35.5. The molecule has 2 heterocycles. The van der Waals surface area contributed by atoms with Gasteiger partial charge in [0.1, 0.15) is 0 Å². The van der Waals surface area contributed by atoms with E-state index >= 15 is 0 Å². The molecule has 3 nitrogen and oxygen atoms in total. The minimum atomic E-state index is 0.236. The summed E-state index contributed by atoms with van der Waals surface area (Å²) in [5.74, 6) is 0. The second kappa shape index (κ2) is 7.75. The summed E-state index contributed by atoms with van der Waals surface area (Å²) < 4.78 is 2.16. The first-order valence-corrected chi connectivity index (χ1v) is 9.03. The molecule has 0 fully saturated rings. The van der Waals surface area contributed by atoms with Crippen molar-refractivity contribution in [2.45, 2.75) is 39.8 Å². The molecule has 0 saturated carbocycles. The largest absolute Gasteiger partial charge is 0.377 e. The lowest BCUT2D eigenvalue weighted by atomic mass is 10.0. The SMILES string of the molecule is CC[C@@H](Nc1cnc(C)c(Cn2cccc2)c1)c1ccc(Cl)c(C)c1. The molecule has 1 aromatic carbocycles. The predicted octanol–water partition coefficient (Wildman–Crippen LogP) is 5.76. The monoisotopic (exact) mass is 353 g/mol. The molecule has 0 spiro atoms. The van der Waals surface area contributed by atoms with Gasteiger partial charge in [-0.1, -0.05) is 30.7 Å². The summed E-state index contributed by atoms with van der Waals surface area (Å²) in [5.41, 5.74) is 5.69. The van der Waals surface area contributed by atoms with Crippen LogP contribution in [0.1, 0.15) is 41.8 Å².